The van der Waals surface area contributed by atoms with E-state index in [1.54, 1.807) is 12.1 Å². The van der Waals surface area contributed by atoms with E-state index in [2.05, 4.69) is 5.32 Å². The minimum Gasteiger partial charge on any atom is -0.489 e. The molecule has 1 aliphatic rings. The number of hydrogen-bond donors (Lipinski definition) is 1. The lowest BCUT2D eigenvalue weighted by atomic mass is 10.1. The maximum absolute atomic E-state index is 12.6. The molecule has 2 aromatic carbocycles. The van der Waals surface area contributed by atoms with Gasteiger partial charge in [-0.05, 0) is 42.8 Å². The van der Waals surface area contributed by atoms with Gasteiger partial charge in [-0.3, -0.25) is 19.7 Å². The number of rotatable bonds is 5. The number of ketones is 1. The Balaban J connectivity index is 1.87. The van der Waals surface area contributed by atoms with Crippen LogP contribution in [0.5, 0.6) is 11.5 Å². The number of halogens is 1. The normalized spacial score (nSPS) is 13.4. The molecule has 29 heavy (non-hydrogen) atoms. The van der Waals surface area contributed by atoms with Crippen molar-refractivity contribution in [3.05, 3.63) is 62.7 Å². The number of amides is 1. The van der Waals surface area contributed by atoms with Gasteiger partial charge in [-0.2, -0.15) is 0 Å². The number of Topliss-reactive ketones (excluding diaryl/α,β-unsaturated/α-hetero) is 1. The second-order valence-corrected chi connectivity index (χ2v) is 6.66. The predicted octanol–water partition coefficient (Wildman–Crippen LogP) is 4.02. The van der Waals surface area contributed by atoms with E-state index in [0.717, 1.165) is 0 Å². The molecular weight excluding hydrogens is 400 g/mol. The van der Waals surface area contributed by atoms with E-state index in [4.69, 9.17) is 21.1 Å². The van der Waals surface area contributed by atoms with Gasteiger partial charge < -0.3 is 14.8 Å². The molecule has 0 atom stereocenters. The van der Waals surface area contributed by atoms with Gasteiger partial charge in [0, 0.05) is 24.2 Å². The van der Waals surface area contributed by atoms with Crippen LogP contribution >= 0.6 is 11.6 Å². The van der Waals surface area contributed by atoms with E-state index in [9.17, 15) is 19.7 Å². The SMILES string of the molecule is CC(=O)/C(=C\c1cc(Cl)c2c(c1)OCCCO2)C(=O)Nc1ccc([N+](=O)[O-])cc1. The highest BCUT2D eigenvalue weighted by Gasteiger charge is 2.19. The molecule has 8 nitrogen and oxygen atoms in total. The zero-order valence-electron chi connectivity index (χ0n) is 15.4. The number of fused-ring (bicyclic) bond motifs is 1. The van der Waals surface area contributed by atoms with Crippen molar-refractivity contribution in [3.8, 4) is 11.5 Å². The lowest BCUT2D eigenvalue weighted by molar-refractivity contribution is -0.384. The van der Waals surface area contributed by atoms with E-state index in [1.165, 1.54) is 37.3 Å². The van der Waals surface area contributed by atoms with Crippen LogP contribution in [0.2, 0.25) is 5.02 Å². The van der Waals surface area contributed by atoms with E-state index < -0.39 is 16.6 Å². The molecule has 3 rings (SSSR count). The number of non-ortho nitro benzene ring substituents is 1. The summed E-state index contributed by atoms with van der Waals surface area (Å²) in [6.07, 6.45) is 2.12. The standard InChI is InChI=1S/C20H17ClN2O6/c1-12(24)16(20(25)22-14-3-5-15(6-4-14)23(26)27)9-13-10-17(21)19-18(11-13)28-7-2-8-29-19/h3-6,9-11H,2,7-8H2,1H3,(H,22,25)/b16-9+. The second-order valence-electron chi connectivity index (χ2n) is 6.25. The van der Waals surface area contributed by atoms with Crippen molar-refractivity contribution in [1.29, 1.82) is 0 Å². The smallest absolute Gasteiger partial charge is 0.269 e. The average molecular weight is 417 g/mol. The summed E-state index contributed by atoms with van der Waals surface area (Å²) in [5.74, 6) is -0.219. The van der Waals surface area contributed by atoms with E-state index in [0.29, 0.717) is 47.4 Å². The zero-order valence-corrected chi connectivity index (χ0v) is 16.2. The van der Waals surface area contributed by atoms with Crippen molar-refractivity contribution in [2.24, 2.45) is 0 Å². The fourth-order valence-corrected chi connectivity index (χ4v) is 2.97. The van der Waals surface area contributed by atoms with Crippen molar-refractivity contribution in [3.63, 3.8) is 0 Å². The topological polar surface area (TPSA) is 108 Å². The van der Waals surface area contributed by atoms with Gasteiger partial charge in [-0.15, -0.1) is 0 Å². The molecule has 0 spiro atoms. The fourth-order valence-electron chi connectivity index (χ4n) is 2.69. The first-order chi connectivity index (χ1) is 13.8. The van der Waals surface area contributed by atoms with Gasteiger partial charge in [0.2, 0.25) is 0 Å². The van der Waals surface area contributed by atoms with Gasteiger partial charge in [-0.1, -0.05) is 11.6 Å². The van der Waals surface area contributed by atoms with Gasteiger partial charge in [0.05, 0.1) is 28.7 Å². The van der Waals surface area contributed by atoms with Crippen LogP contribution in [0.4, 0.5) is 11.4 Å². The molecule has 150 valence electrons. The number of nitro groups is 1. The molecule has 9 heteroatoms. The highest BCUT2D eigenvalue weighted by Crippen LogP contribution is 2.38. The summed E-state index contributed by atoms with van der Waals surface area (Å²) in [5.41, 5.74) is 0.619. The number of nitro benzene ring substituents is 1. The number of anilines is 1. The molecule has 0 saturated heterocycles. The van der Waals surface area contributed by atoms with Crippen LogP contribution in [-0.2, 0) is 9.59 Å². The third kappa shape index (κ3) is 4.91. The number of nitrogens with one attached hydrogen (secondary N) is 1. The number of carbonyl (C=O) groups is 2. The number of carbonyl (C=O) groups excluding carboxylic acids is 2. The molecule has 2 aromatic rings. The molecule has 0 aromatic heterocycles. The van der Waals surface area contributed by atoms with Gasteiger partial charge in [0.1, 0.15) is 0 Å². The van der Waals surface area contributed by atoms with Gasteiger partial charge in [0.25, 0.3) is 11.6 Å². The van der Waals surface area contributed by atoms with Crippen molar-refractivity contribution < 1.29 is 24.0 Å². The second kappa shape index (κ2) is 8.74. The lowest BCUT2D eigenvalue weighted by Crippen LogP contribution is -2.18. The summed E-state index contributed by atoms with van der Waals surface area (Å²) >= 11 is 6.26. The quantitative estimate of drug-likeness (QED) is 0.259. The maximum atomic E-state index is 12.6. The monoisotopic (exact) mass is 416 g/mol. The summed E-state index contributed by atoms with van der Waals surface area (Å²) in [6, 6.07) is 8.52. The Morgan fingerprint density at radius 1 is 1.17 bits per heavy atom. The summed E-state index contributed by atoms with van der Waals surface area (Å²) in [7, 11) is 0. The molecular formula is C20H17ClN2O6. The van der Waals surface area contributed by atoms with Crippen LogP contribution in [0.15, 0.2) is 42.0 Å². The summed E-state index contributed by atoms with van der Waals surface area (Å²) in [6.45, 7) is 2.22. The summed E-state index contributed by atoms with van der Waals surface area (Å²) < 4.78 is 11.2. The number of benzene rings is 2. The Hall–Kier alpha value is -3.39. The van der Waals surface area contributed by atoms with Gasteiger partial charge in [0.15, 0.2) is 17.3 Å². The highest BCUT2D eigenvalue weighted by molar-refractivity contribution is 6.32. The Kier molecular flexibility index (Phi) is 6.13. The fraction of sp³-hybridized carbons (Fsp3) is 0.200. The van der Waals surface area contributed by atoms with Crippen LogP contribution in [0.3, 0.4) is 0 Å². The molecule has 0 saturated carbocycles. The van der Waals surface area contributed by atoms with Crippen LogP contribution in [0.1, 0.15) is 18.9 Å². The van der Waals surface area contributed by atoms with Gasteiger partial charge >= 0.3 is 0 Å². The highest BCUT2D eigenvalue weighted by atomic mass is 35.5. The molecule has 0 radical (unpaired) electrons. The van der Waals surface area contributed by atoms with Crippen molar-refractivity contribution >= 4 is 40.7 Å². The van der Waals surface area contributed by atoms with E-state index in [1.807, 2.05) is 0 Å². The van der Waals surface area contributed by atoms with Gasteiger partial charge in [-0.25, -0.2) is 0 Å². The summed E-state index contributed by atoms with van der Waals surface area (Å²) in [4.78, 5) is 34.8. The average Bonchev–Trinajstić information content (AvgIpc) is 2.92. The molecule has 1 N–H and O–H groups in total. The van der Waals surface area contributed by atoms with Crippen molar-refractivity contribution in [2.45, 2.75) is 13.3 Å². The van der Waals surface area contributed by atoms with E-state index >= 15 is 0 Å². The maximum Gasteiger partial charge on any atom is 0.269 e. The first kappa shape index (κ1) is 20.3. The number of hydrogen-bond acceptors (Lipinski definition) is 6. The molecule has 0 aliphatic carbocycles. The van der Waals surface area contributed by atoms with Crippen LogP contribution in [-0.4, -0.2) is 29.8 Å². The van der Waals surface area contributed by atoms with E-state index in [-0.39, 0.29) is 11.3 Å². The summed E-state index contributed by atoms with van der Waals surface area (Å²) in [5, 5.41) is 13.6. The minimum absolute atomic E-state index is 0.103. The first-order valence-electron chi connectivity index (χ1n) is 8.73. The molecule has 1 heterocycles. The Morgan fingerprint density at radius 2 is 1.86 bits per heavy atom. The minimum atomic E-state index is -0.644. The first-order valence-corrected chi connectivity index (χ1v) is 9.10. The third-order valence-electron chi connectivity index (χ3n) is 4.10. The zero-order chi connectivity index (χ0) is 21.0. The number of nitrogens with zero attached hydrogens (tertiary/aromatic N) is 1. The predicted molar refractivity (Wildman–Crippen MR) is 107 cm³/mol. The molecule has 0 fully saturated rings. The van der Waals surface area contributed by atoms with Crippen LogP contribution in [0, 0.1) is 10.1 Å². The molecule has 1 amide bonds. The van der Waals surface area contributed by atoms with Crippen molar-refractivity contribution in [1.82, 2.24) is 0 Å². The number of ether oxygens (including phenoxy) is 2. The van der Waals surface area contributed by atoms with Crippen LogP contribution in [0.25, 0.3) is 6.08 Å². The van der Waals surface area contributed by atoms with Crippen LogP contribution < -0.4 is 14.8 Å². The molecule has 1 aliphatic heterocycles. The molecule has 0 unspecified atom stereocenters. The largest absolute Gasteiger partial charge is 0.489 e. The Morgan fingerprint density at radius 3 is 2.52 bits per heavy atom. The lowest BCUT2D eigenvalue weighted by Gasteiger charge is -2.11. The molecule has 0 bridgehead atoms. The Bertz CT molecular complexity index is 1000. The third-order valence-corrected chi connectivity index (χ3v) is 4.38. The Labute approximate surface area is 171 Å². The van der Waals surface area contributed by atoms with Crippen molar-refractivity contribution in [2.75, 3.05) is 18.5 Å².